The van der Waals surface area contributed by atoms with Crippen LogP contribution in [0, 0.1) is 5.82 Å². The molecule has 1 aromatic heterocycles. The molecule has 0 aliphatic carbocycles. The molecule has 150 valence electrons. The first-order valence-electron chi connectivity index (χ1n) is 8.93. The first-order chi connectivity index (χ1) is 13.3. The van der Waals surface area contributed by atoms with Crippen molar-refractivity contribution in [1.29, 1.82) is 0 Å². The maximum Gasteiger partial charge on any atom is 0.404 e. The SMILES string of the molecule is CC(C)OC(CCNC(=O)c1ccc(-c2cccc(F)c2)nc1)COC(N)=O. The molecule has 1 aromatic carbocycles. The van der Waals surface area contributed by atoms with Crippen molar-refractivity contribution in [1.82, 2.24) is 10.3 Å². The third-order valence-electron chi connectivity index (χ3n) is 3.77. The van der Waals surface area contributed by atoms with Crippen LogP contribution in [0.2, 0.25) is 0 Å². The van der Waals surface area contributed by atoms with E-state index in [0.717, 1.165) is 0 Å². The monoisotopic (exact) mass is 389 g/mol. The zero-order chi connectivity index (χ0) is 20.5. The molecule has 7 nitrogen and oxygen atoms in total. The molecule has 2 amide bonds. The lowest BCUT2D eigenvalue weighted by molar-refractivity contribution is -0.0295. The van der Waals surface area contributed by atoms with Crippen LogP contribution < -0.4 is 11.1 Å². The van der Waals surface area contributed by atoms with E-state index in [-0.39, 0.29) is 30.5 Å². The van der Waals surface area contributed by atoms with Gasteiger partial charge in [-0.05, 0) is 44.5 Å². The molecule has 3 N–H and O–H groups in total. The smallest absolute Gasteiger partial charge is 0.404 e. The van der Waals surface area contributed by atoms with Crippen LogP contribution in [-0.2, 0) is 9.47 Å². The second-order valence-electron chi connectivity index (χ2n) is 6.42. The first-order valence-corrected chi connectivity index (χ1v) is 8.93. The predicted octanol–water partition coefficient (Wildman–Crippen LogP) is 2.90. The van der Waals surface area contributed by atoms with Crippen molar-refractivity contribution in [3.05, 3.63) is 54.0 Å². The fraction of sp³-hybridized carbons (Fsp3) is 0.350. The van der Waals surface area contributed by atoms with Crippen LogP contribution in [0.4, 0.5) is 9.18 Å². The maximum atomic E-state index is 13.3. The van der Waals surface area contributed by atoms with Gasteiger partial charge in [-0.25, -0.2) is 9.18 Å². The van der Waals surface area contributed by atoms with Gasteiger partial charge in [-0.2, -0.15) is 0 Å². The zero-order valence-corrected chi connectivity index (χ0v) is 15.9. The highest BCUT2D eigenvalue weighted by molar-refractivity contribution is 5.94. The minimum atomic E-state index is -0.870. The lowest BCUT2D eigenvalue weighted by Crippen LogP contribution is -2.32. The molecule has 0 aliphatic rings. The van der Waals surface area contributed by atoms with Crippen molar-refractivity contribution in [3.63, 3.8) is 0 Å². The fourth-order valence-electron chi connectivity index (χ4n) is 2.55. The Labute approximate surface area is 163 Å². The van der Waals surface area contributed by atoms with Crippen LogP contribution >= 0.6 is 0 Å². The number of nitrogens with zero attached hydrogens (tertiary/aromatic N) is 1. The number of nitrogens with one attached hydrogen (secondary N) is 1. The van der Waals surface area contributed by atoms with E-state index in [1.165, 1.54) is 18.3 Å². The number of carbonyl (C=O) groups excluding carboxylic acids is 2. The van der Waals surface area contributed by atoms with Gasteiger partial charge in [0.15, 0.2) is 0 Å². The summed E-state index contributed by atoms with van der Waals surface area (Å²) in [6.45, 7) is 4.07. The molecule has 0 spiro atoms. The van der Waals surface area contributed by atoms with Crippen molar-refractivity contribution in [2.75, 3.05) is 13.2 Å². The summed E-state index contributed by atoms with van der Waals surface area (Å²) >= 11 is 0. The summed E-state index contributed by atoms with van der Waals surface area (Å²) in [5.41, 5.74) is 6.57. The number of ether oxygens (including phenoxy) is 2. The predicted molar refractivity (Wildman–Crippen MR) is 102 cm³/mol. The van der Waals surface area contributed by atoms with E-state index in [9.17, 15) is 14.0 Å². The summed E-state index contributed by atoms with van der Waals surface area (Å²) in [6, 6.07) is 9.37. The van der Waals surface area contributed by atoms with E-state index in [1.54, 1.807) is 24.3 Å². The number of amides is 2. The molecule has 0 saturated carbocycles. The van der Waals surface area contributed by atoms with Gasteiger partial charge in [0.1, 0.15) is 12.4 Å². The highest BCUT2D eigenvalue weighted by Gasteiger charge is 2.14. The molecule has 28 heavy (non-hydrogen) atoms. The van der Waals surface area contributed by atoms with E-state index >= 15 is 0 Å². The molecule has 2 rings (SSSR count). The summed E-state index contributed by atoms with van der Waals surface area (Å²) in [5.74, 6) is -0.642. The number of nitrogens with two attached hydrogens (primary N) is 1. The molecule has 1 unspecified atom stereocenters. The molecule has 8 heteroatoms. The van der Waals surface area contributed by atoms with Crippen molar-refractivity contribution in [2.24, 2.45) is 5.73 Å². The molecule has 2 aromatic rings. The fourth-order valence-corrected chi connectivity index (χ4v) is 2.55. The van der Waals surface area contributed by atoms with Crippen LogP contribution in [-0.4, -0.2) is 42.3 Å². The molecule has 1 heterocycles. The molecule has 1 atom stereocenters. The normalized spacial score (nSPS) is 11.9. The summed E-state index contributed by atoms with van der Waals surface area (Å²) in [4.78, 5) is 27.2. The number of carbonyl (C=O) groups is 2. The quantitative estimate of drug-likeness (QED) is 0.686. The van der Waals surface area contributed by atoms with E-state index in [0.29, 0.717) is 29.8 Å². The Morgan fingerprint density at radius 1 is 1.25 bits per heavy atom. The Balaban J connectivity index is 1.88. The topological polar surface area (TPSA) is 104 Å². The summed E-state index contributed by atoms with van der Waals surface area (Å²) in [6.07, 6.45) is 0.587. The number of hydrogen-bond donors (Lipinski definition) is 2. The average Bonchev–Trinajstić information content (AvgIpc) is 2.65. The van der Waals surface area contributed by atoms with E-state index in [4.69, 9.17) is 15.2 Å². The van der Waals surface area contributed by atoms with Crippen LogP contribution in [0.3, 0.4) is 0 Å². The lowest BCUT2D eigenvalue weighted by Gasteiger charge is -2.20. The van der Waals surface area contributed by atoms with Crippen molar-refractivity contribution in [2.45, 2.75) is 32.5 Å². The van der Waals surface area contributed by atoms with Crippen LogP contribution in [0.5, 0.6) is 0 Å². The first kappa shape index (κ1) is 21.3. The van der Waals surface area contributed by atoms with Gasteiger partial charge in [-0.3, -0.25) is 9.78 Å². The minimum absolute atomic E-state index is 0.0211. The second-order valence-corrected chi connectivity index (χ2v) is 6.42. The molecule has 0 fully saturated rings. The largest absolute Gasteiger partial charge is 0.447 e. The average molecular weight is 389 g/mol. The number of aromatic nitrogens is 1. The van der Waals surface area contributed by atoms with Crippen LogP contribution in [0.1, 0.15) is 30.6 Å². The Bertz CT molecular complexity index is 796. The third kappa shape index (κ3) is 6.96. The van der Waals surface area contributed by atoms with Gasteiger partial charge in [0.05, 0.1) is 23.5 Å². The molecule has 0 radical (unpaired) electrons. The highest BCUT2D eigenvalue weighted by atomic mass is 19.1. The van der Waals surface area contributed by atoms with Crippen LogP contribution in [0.15, 0.2) is 42.6 Å². The highest BCUT2D eigenvalue weighted by Crippen LogP contribution is 2.18. The maximum absolute atomic E-state index is 13.3. The Morgan fingerprint density at radius 3 is 2.64 bits per heavy atom. The van der Waals surface area contributed by atoms with Crippen molar-refractivity contribution < 1.29 is 23.5 Å². The summed E-state index contributed by atoms with van der Waals surface area (Å²) in [5, 5.41) is 2.77. The second kappa shape index (κ2) is 10.4. The number of pyridine rings is 1. The summed E-state index contributed by atoms with van der Waals surface area (Å²) in [7, 11) is 0. The number of primary amides is 1. The lowest BCUT2D eigenvalue weighted by atomic mass is 10.1. The minimum Gasteiger partial charge on any atom is -0.447 e. The molecular weight excluding hydrogens is 365 g/mol. The van der Waals surface area contributed by atoms with E-state index in [1.807, 2.05) is 13.8 Å². The van der Waals surface area contributed by atoms with Crippen molar-refractivity contribution >= 4 is 12.0 Å². The molecule has 0 bridgehead atoms. The third-order valence-corrected chi connectivity index (χ3v) is 3.77. The van der Waals surface area contributed by atoms with E-state index in [2.05, 4.69) is 10.3 Å². The summed E-state index contributed by atoms with van der Waals surface area (Å²) < 4.78 is 23.7. The molecule has 0 aliphatic heterocycles. The van der Waals surface area contributed by atoms with Gasteiger partial charge in [0, 0.05) is 18.3 Å². The van der Waals surface area contributed by atoms with Crippen LogP contribution in [0.25, 0.3) is 11.3 Å². The van der Waals surface area contributed by atoms with Gasteiger partial charge in [-0.1, -0.05) is 12.1 Å². The van der Waals surface area contributed by atoms with Gasteiger partial charge < -0.3 is 20.5 Å². The molecule has 0 saturated heterocycles. The zero-order valence-electron chi connectivity index (χ0n) is 15.9. The van der Waals surface area contributed by atoms with Gasteiger partial charge in [0.25, 0.3) is 5.91 Å². The number of rotatable bonds is 9. The van der Waals surface area contributed by atoms with Crippen molar-refractivity contribution in [3.8, 4) is 11.3 Å². The number of benzene rings is 1. The number of halogens is 1. The Morgan fingerprint density at radius 2 is 2.04 bits per heavy atom. The standard InChI is InChI=1S/C20H24FN3O4/c1-13(2)28-17(12-27-20(22)26)8-9-23-19(25)15-6-7-18(24-11-15)14-4-3-5-16(21)10-14/h3-7,10-11,13,17H,8-9,12H2,1-2H3,(H2,22,26)(H,23,25). The Kier molecular flexibility index (Phi) is 7.88. The van der Waals surface area contributed by atoms with Gasteiger partial charge >= 0.3 is 6.09 Å². The molecular formula is C20H24FN3O4. The van der Waals surface area contributed by atoms with Gasteiger partial charge in [0.2, 0.25) is 0 Å². The van der Waals surface area contributed by atoms with Gasteiger partial charge in [-0.15, -0.1) is 0 Å². The number of hydrogen-bond acceptors (Lipinski definition) is 5. The Hall–Kier alpha value is -3.00. The van der Waals surface area contributed by atoms with E-state index < -0.39 is 6.09 Å².